The van der Waals surface area contributed by atoms with E-state index in [-0.39, 0.29) is 0 Å². The zero-order valence-electron chi connectivity index (χ0n) is 14.5. The lowest BCUT2D eigenvalue weighted by Crippen LogP contribution is -2.43. The smallest absolute Gasteiger partial charge is 0.0914 e. The van der Waals surface area contributed by atoms with Crippen molar-refractivity contribution >= 4 is 0 Å². The molecule has 128 valence electrons. The predicted octanol–water partition coefficient (Wildman–Crippen LogP) is 3.28. The first-order valence-corrected chi connectivity index (χ1v) is 8.95. The van der Waals surface area contributed by atoms with E-state index >= 15 is 0 Å². The summed E-state index contributed by atoms with van der Waals surface area (Å²) in [5, 5.41) is 13.9. The number of piperidine rings is 1. The van der Waals surface area contributed by atoms with Crippen LogP contribution in [0.2, 0.25) is 0 Å². The quantitative estimate of drug-likeness (QED) is 0.856. The first-order chi connectivity index (χ1) is 11.7. The van der Waals surface area contributed by atoms with E-state index in [0.717, 1.165) is 38.0 Å². The molecule has 0 aliphatic carbocycles. The minimum Gasteiger partial charge on any atom is -0.387 e. The molecule has 0 unspecified atom stereocenters. The van der Waals surface area contributed by atoms with E-state index in [1.807, 2.05) is 12.1 Å². The van der Waals surface area contributed by atoms with Crippen LogP contribution in [0.25, 0.3) is 0 Å². The summed E-state index contributed by atoms with van der Waals surface area (Å²) in [6.45, 7) is 5.98. The normalized spacial score (nSPS) is 17.8. The number of aliphatic hydroxyl groups excluding tert-OH is 1. The molecule has 1 fully saturated rings. The lowest BCUT2D eigenvalue weighted by atomic mass is 10.0. The van der Waals surface area contributed by atoms with Gasteiger partial charge in [0.25, 0.3) is 0 Å². The van der Waals surface area contributed by atoms with Gasteiger partial charge < -0.3 is 10.4 Å². The summed E-state index contributed by atoms with van der Waals surface area (Å²) in [6.07, 6.45) is 1.87. The van der Waals surface area contributed by atoms with E-state index < -0.39 is 6.10 Å². The average Bonchev–Trinajstić information content (AvgIpc) is 2.62. The molecule has 1 aliphatic rings. The van der Waals surface area contributed by atoms with Crippen molar-refractivity contribution in [3.8, 4) is 0 Å². The van der Waals surface area contributed by atoms with E-state index in [4.69, 9.17) is 0 Å². The van der Waals surface area contributed by atoms with Crippen LogP contribution in [0.3, 0.4) is 0 Å². The van der Waals surface area contributed by atoms with Gasteiger partial charge in [-0.05, 0) is 44.0 Å². The second-order valence-corrected chi connectivity index (χ2v) is 6.87. The molecular formula is C21H28N2O. The summed E-state index contributed by atoms with van der Waals surface area (Å²) < 4.78 is 0. The molecule has 1 aliphatic heterocycles. The van der Waals surface area contributed by atoms with Crippen LogP contribution in [0.5, 0.6) is 0 Å². The van der Waals surface area contributed by atoms with Crippen LogP contribution in [-0.4, -0.2) is 35.7 Å². The summed E-state index contributed by atoms with van der Waals surface area (Å²) in [5.41, 5.74) is 3.61. The van der Waals surface area contributed by atoms with Crippen LogP contribution in [0.1, 0.15) is 35.6 Å². The minimum absolute atomic E-state index is 0.423. The fourth-order valence-corrected chi connectivity index (χ4v) is 3.32. The monoisotopic (exact) mass is 324 g/mol. The molecule has 1 heterocycles. The molecule has 2 aromatic carbocycles. The van der Waals surface area contributed by atoms with Gasteiger partial charge in [-0.2, -0.15) is 0 Å². The number of aliphatic hydroxyl groups is 1. The Balaban J connectivity index is 1.40. The van der Waals surface area contributed by atoms with Gasteiger partial charge in [0.15, 0.2) is 0 Å². The SMILES string of the molecule is Cc1ccc([C@H](O)CNC2CCN(Cc3ccccc3)CC2)cc1. The maximum atomic E-state index is 10.3. The van der Waals surface area contributed by atoms with E-state index in [1.165, 1.54) is 11.1 Å². The Morgan fingerprint density at radius 1 is 1.04 bits per heavy atom. The van der Waals surface area contributed by atoms with Crippen molar-refractivity contribution in [3.63, 3.8) is 0 Å². The van der Waals surface area contributed by atoms with Gasteiger partial charge in [-0.1, -0.05) is 60.2 Å². The Hall–Kier alpha value is -1.68. The van der Waals surface area contributed by atoms with Crippen LogP contribution in [0.15, 0.2) is 54.6 Å². The minimum atomic E-state index is -0.423. The summed E-state index contributed by atoms with van der Waals surface area (Å²) in [7, 11) is 0. The van der Waals surface area contributed by atoms with Gasteiger partial charge in [-0.15, -0.1) is 0 Å². The molecule has 0 spiro atoms. The number of benzene rings is 2. The number of hydrogen-bond acceptors (Lipinski definition) is 3. The van der Waals surface area contributed by atoms with E-state index in [1.54, 1.807) is 0 Å². The third-order valence-corrected chi connectivity index (χ3v) is 4.90. The van der Waals surface area contributed by atoms with Crippen molar-refractivity contribution in [2.45, 2.75) is 38.5 Å². The molecule has 0 saturated carbocycles. The van der Waals surface area contributed by atoms with Gasteiger partial charge in [0, 0.05) is 19.1 Å². The highest BCUT2D eigenvalue weighted by Gasteiger charge is 2.19. The zero-order chi connectivity index (χ0) is 16.8. The third-order valence-electron chi connectivity index (χ3n) is 4.90. The lowest BCUT2D eigenvalue weighted by Gasteiger charge is -2.33. The van der Waals surface area contributed by atoms with E-state index in [9.17, 15) is 5.11 Å². The van der Waals surface area contributed by atoms with Gasteiger partial charge in [0.1, 0.15) is 0 Å². The fraction of sp³-hybridized carbons (Fsp3) is 0.429. The van der Waals surface area contributed by atoms with Gasteiger partial charge in [0.2, 0.25) is 0 Å². The van der Waals surface area contributed by atoms with E-state index in [2.05, 4.69) is 59.6 Å². The zero-order valence-corrected chi connectivity index (χ0v) is 14.5. The fourth-order valence-electron chi connectivity index (χ4n) is 3.32. The molecule has 0 bridgehead atoms. The number of nitrogens with one attached hydrogen (secondary N) is 1. The van der Waals surface area contributed by atoms with Crippen molar-refractivity contribution in [2.24, 2.45) is 0 Å². The molecule has 1 atom stereocenters. The van der Waals surface area contributed by atoms with Gasteiger partial charge in [-0.3, -0.25) is 4.90 Å². The number of hydrogen-bond donors (Lipinski definition) is 2. The Morgan fingerprint density at radius 2 is 1.71 bits per heavy atom. The number of nitrogens with zero attached hydrogens (tertiary/aromatic N) is 1. The van der Waals surface area contributed by atoms with Crippen LogP contribution in [-0.2, 0) is 6.54 Å². The molecular weight excluding hydrogens is 296 g/mol. The third kappa shape index (κ3) is 4.91. The molecule has 1 saturated heterocycles. The van der Waals surface area contributed by atoms with Gasteiger partial charge >= 0.3 is 0 Å². The second-order valence-electron chi connectivity index (χ2n) is 6.87. The molecule has 2 aromatic rings. The van der Waals surface area contributed by atoms with Crippen molar-refractivity contribution in [1.29, 1.82) is 0 Å². The molecule has 3 heteroatoms. The lowest BCUT2D eigenvalue weighted by molar-refractivity contribution is 0.149. The Labute approximate surface area is 145 Å². The maximum absolute atomic E-state index is 10.3. The average molecular weight is 324 g/mol. The largest absolute Gasteiger partial charge is 0.387 e. The number of likely N-dealkylation sites (tertiary alicyclic amines) is 1. The van der Waals surface area contributed by atoms with Gasteiger partial charge in [-0.25, -0.2) is 0 Å². The van der Waals surface area contributed by atoms with Crippen LogP contribution in [0, 0.1) is 6.92 Å². The highest BCUT2D eigenvalue weighted by Crippen LogP contribution is 2.16. The summed E-state index contributed by atoms with van der Waals surface area (Å²) >= 11 is 0. The first kappa shape index (κ1) is 17.2. The summed E-state index contributed by atoms with van der Waals surface area (Å²) in [4.78, 5) is 2.52. The summed E-state index contributed by atoms with van der Waals surface area (Å²) in [6, 6.07) is 19.3. The van der Waals surface area contributed by atoms with Crippen molar-refractivity contribution in [2.75, 3.05) is 19.6 Å². The standard InChI is InChI=1S/C21H28N2O/c1-17-7-9-19(10-8-17)21(24)15-22-20-11-13-23(14-12-20)16-18-5-3-2-4-6-18/h2-10,20-22,24H,11-16H2,1H3/t21-/m1/s1. The Kier molecular flexibility index (Phi) is 6.02. The van der Waals surface area contributed by atoms with Crippen molar-refractivity contribution < 1.29 is 5.11 Å². The van der Waals surface area contributed by atoms with Crippen LogP contribution < -0.4 is 5.32 Å². The molecule has 2 N–H and O–H groups in total. The topological polar surface area (TPSA) is 35.5 Å². The highest BCUT2D eigenvalue weighted by molar-refractivity contribution is 5.23. The van der Waals surface area contributed by atoms with Gasteiger partial charge in [0.05, 0.1) is 6.10 Å². The van der Waals surface area contributed by atoms with E-state index in [0.29, 0.717) is 12.6 Å². The molecule has 0 aromatic heterocycles. The Morgan fingerprint density at radius 3 is 2.38 bits per heavy atom. The maximum Gasteiger partial charge on any atom is 0.0914 e. The number of aryl methyl sites for hydroxylation is 1. The predicted molar refractivity (Wildman–Crippen MR) is 98.9 cm³/mol. The molecule has 0 radical (unpaired) electrons. The van der Waals surface area contributed by atoms with Crippen molar-refractivity contribution in [3.05, 3.63) is 71.3 Å². The molecule has 24 heavy (non-hydrogen) atoms. The van der Waals surface area contributed by atoms with Crippen LogP contribution >= 0.6 is 0 Å². The number of rotatable bonds is 6. The van der Waals surface area contributed by atoms with Crippen molar-refractivity contribution in [1.82, 2.24) is 10.2 Å². The molecule has 0 amide bonds. The van der Waals surface area contributed by atoms with Crippen LogP contribution in [0.4, 0.5) is 0 Å². The first-order valence-electron chi connectivity index (χ1n) is 8.95. The molecule has 3 rings (SSSR count). The summed E-state index contributed by atoms with van der Waals surface area (Å²) in [5.74, 6) is 0. The highest BCUT2D eigenvalue weighted by atomic mass is 16.3. The second kappa shape index (κ2) is 8.43. The Bertz CT molecular complexity index is 603. The molecule has 3 nitrogen and oxygen atoms in total.